The molecule has 0 radical (unpaired) electrons. The van der Waals surface area contributed by atoms with E-state index in [2.05, 4.69) is 20.3 Å². The van der Waals surface area contributed by atoms with Crippen LogP contribution in [0, 0.1) is 0 Å². The minimum absolute atomic E-state index is 0.468. The maximum absolute atomic E-state index is 6.56. The number of methoxy groups -OCH3 is 2. The zero-order valence-corrected chi connectivity index (χ0v) is 18.7. The van der Waals surface area contributed by atoms with E-state index in [0.29, 0.717) is 46.5 Å². The molecule has 4 aromatic rings. The van der Waals surface area contributed by atoms with Crippen molar-refractivity contribution in [1.29, 1.82) is 0 Å². The molecule has 9 heteroatoms. The van der Waals surface area contributed by atoms with E-state index in [1.807, 2.05) is 62.6 Å². The Kier molecular flexibility index (Phi) is 6.09. The third kappa shape index (κ3) is 4.15. The maximum atomic E-state index is 6.56. The molecule has 166 valence electrons. The summed E-state index contributed by atoms with van der Waals surface area (Å²) in [6.07, 6.45) is 0. The zero-order chi connectivity index (χ0) is 22.7. The second-order valence-electron chi connectivity index (χ2n) is 7.53. The number of para-hydroxylation sites is 1. The Morgan fingerprint density at radius 2 is 1.75 bits per heavy atom. The standard InChI is InChI=1S/C23H27N7O2/c1-29(2)13-12-25-23-26-20(15-10-11-17(31-3)18(14-15)32-4)19-21(24)30(28-22(19)27-23)16-8-6-5-7-9-16/h5-11,14H,12-13,24H2,1-4H3,(H,25,27,28). The summed E-state index contributed by atoms with van der Waals surface area (Å²) >= 11 is 0. The van der Waals surface area contributed by atoms with E-state index in [4.69, 9.17) is 20.2 Å². The van der Waals surface area contributed by atoms with Gasteiger partial charge in [0.1, 0.15) is 5.82 Å². The number of aromatic nitrogens is 4. The quantitative estimate of drug-likeness (QED) is 0.437. The highest BCUT2D eigenvalue weighted by molar-refractivity contribution is 5.99. The summed E-state index contributed by atoms with van der Waals surface area (Å²) in [5.41, 5.74) is 9.42. The van der Waals surface area contributed by atoms with Crippen molar-refractivity contribution in [3.63, 3.8) is 0 Å². The van der Waals surface area contributed by atoms with Crippen molar-refractivity contribution >= 4 is 22.8 Å². The lowest BCUT2D eigenvalue weighted by molar-refractivity contribution is 0.355. The third-order valence-corrected chi connectivity index (χ3v) is 5.07. The van der Waals surface area contributed by atoms with Gasteiger partial charge in [-0.15, -0.1) is 5.10 Å². The van der Waals surface area contributed by atoms with Crippen molar-refractivity contribution in [2.75, 3.05) is 52.5 Å². The highest BCUT2D eigenvalue weighted by Gasteiger charge is 2.20. The molecule has 0 aliphatic heterocycles. The summed E-state index contributed by atoms with van der Waals surface area (Å²) in [6.45, 7) is 1.53. The number of ether oxygens (including phenoxy) is 2. The van der Waals surface area contributed by atoms with Crippen LogP contribution >= 0.6 is 0 Å². The molecule has 2 aromatic heterocycles. The zero-order valence-electron chi connectivity index (χ0n) is 18.7. The minimum atomic E-state index is 0.468. The van der Waals surface area contributed by atoms with Gasteiger partial charge in [0.25, 0.3) is 0 Å². The second kappa shape index (κ2) is 9.11. The van der Waals surface area contributed by atoms with Crippen molar-refractivity contribution < 1.29 is 9.47 Å². The lowest BCUT2D eigenvalue weighted by atomic mass is 10.1. The number of fused-ring (bicyclic) bond motifs is 1. The van der Waals surface area contributed by atoms with Crippen molar-refractivity contribution in [3.8, 4) is 28.4 Å². The molecule has 0 aliphatic carbocycles. The molecule has 0 saturated carbocycles. The Labute approximate surface area is 186 Å². The fourth-order valence-electron chi connectivity index (χ4n) is 3.44. The predicted octanol–water partition coefficient (Wildman–Crippen LogP) is 3.06. The molecule has 0 saturated heterocycles. The van der Waals surface area contributed by atoms with Crippen LogP contribution in [-0.2, 0) is 0 Å². The lowest BCUT2D eigenvalue weighted by Gasteiger charge is -2.13. The van der Waals surface area contributed by atoms with E-state index in [1.165, 1.54) is 0 Å². The molecule has 0 spiro atoms. The molecule has 0 amide bonds. The number of likely N-dealkylation sites (N-methyl/N-ethyl adjacent to an activating group) is 1. The Morgan fingerprint density at radius 3 is 2.44 bits per heavy atom. The van der Waals surface area contributed by atoms with Gasteiger partial charge >= 0.3 is 0 Å². The van der Waals surface area contributed by atoms with E-state index in [0.717, 1.165) is 17.8 Å². The Bertz CT molecular complexity index is 1220. The first-order valence-corrected chi connectivity index (χ1v) is 10.2. The fourth-order valence-corrected chi connectivity index (χ4v) is 3.44. The van der Waals surface area contributed by atoms with Gasteiger partial charge in [0.2, 0.25) is 5.95 Å². The molecule has 32 heavy (non-hydrogen) atoms. The molecule has 2 aromatic carbocycles. The first-order chi connectivity index (χ1) is 15.5. The molecule has 9 nitrogen and oxygen atoms in total. The molecular formula is C23H27N7O2. The molecular weight excluding hydrogens is 406 g/mol. The first-order valence-electron chi connectivity index (χ1n) is 10.2. The van der Waals surface area contributed by atoms with Crippen molar-refractivity contribution in [1.82, 2.24) is 24.6 Å². The van der Waals surface area contributed by atoms with Crippen LogP contribution in [0.15, 0.2) is 48.5 Å². The smallest absolute Gasteiger partial charge is 0.225 e. The SMILES string of the molecule is COc1ccc(-c2nc(NCCN(C)C)nc3nn(-c4ccccc4)c(N)c23)cc1OC. The lowest BCUT2D eigenvalue weighted by Crippen LogP contribution is -2.21. The topological polar surface area (TPSA) is 103 Å². The van der Waals surface area contributed by atoms with E-state index in [9.17, 15) is 0 Å². The number of anilines is 2. The Hall–Kier alpha value is -3.85. The van der Waals surface area contributed by atoms with Crippen molar-refractivity contribution in [2.24, 2.45) is 0 Å². The number of hydrogen-bond acceptors (Lipinski definition) is 8. The molecule has 0 fully saturated rings. The summed E-state index contributed by atoms with van der Waals surface area (Å²) in [4.78, 5) is 11.5. The second-order valence-corrected chi connectivity index (χ2v) is 7.53. The summed E-state index contributed by atoms with van der Waals surface area (Å²) in [5, 5.41) is 8.65. The van der Waals surface area contributed by atoms with Gasteiger partial charge in [-0.2, -0.15) is 4.98 Å². The predicted molar refractivity (Wildman–Crippen MR) is 127 cm³/mol. The average molecular weight is 434 g/mol. The van der Waals surface area contributed by atoms with Gasteiger partial charge in [-0.25, -0.2) is 9.67 Å². The minimum Gasteiger partial charge on any atom is -0.493 e. The first kappa shape index (κ1) is 21.4. The Balaban J connectivity index is 1.89. The summed E-state index contributed by atoms with van der Waals surface area (Å²) in [5.74, 6) is 2.20. The van der Waals surface area contributed by atoms with E-state index in [-0.39, 0.29) is 0 Å². The van der Waals surface area contributed by atoms with Gasteiger partial charge in [-0.3, -0.25) is 0 Å². The van der Waals surface area contributed by atoms with Crippen LogP contribution in [0.5, 0.6) is 11.5 Å². The van der Waals surface area contributed by atoms with Crippen molar-refractivity contribution in [2.45, 2.75) is 0 Å². The normalized spacial score (nSPS) is 11.2. The van der Waals surface area contributed by atoms with Gasteiger partial charge in [-0.1, -0.05) is 18.2 Å². The maximum Gasteiger partial charge on any atom is 0.225 e. The Morgan fingerprint density at radius 1 is 1.00 bits per heavy atom. The number of benzene rings is 2. The number of rotatable bonds is 8. The summed E-state index contributed by atoms with van der Waals surface area (Å²) < 4.78 is 12.6. The number of nitrogens with one attached hydrogen (secondary N) is 1. The van der Waals surface area contributed by atoms with E-state index >= 15 is 0 Å². The van der Waals surface area contributed by atoms with Crippen molar-refractivity contribution in [3.05, 3.63) is 48.5 Å². The van der Waals surface area contributed by atoms with Crippen LogP contribution in [0.3, 0.4) is 0 Å². The van der Waals surface area contributed by atoms with Crippen LogP contribution < -0.4 is 20.5 Å². The van der Waals surface area contributed by atoms with Crippen LogP contribution in [-0.4, -0.2) is 66.1 Å². The molecule has 0 unspecified atom stereocenters. The average Bonchev–Trinajstić information content (AvgIpc) is 3.14. The van der Waals surface area contributed by atoms with Gasteiger partial charge in [-0.05, 0) is 44.4 Å². The highest BCUT2D eigenvalue weighted by atomic mass is 16.5. The molecule has 0 bridgehead atoms. The summed E-state index contributed by atoms with van der Waals surface area (Å²) in [6, 6.07) is 15.4. The van der Waals surface area contributed by atoms with Crippen LogP contribution in [0.2, 0.25) is 0 Å². The van der Waals surface area contributed by atoms with Crippen LogP contribution in [0.4, 0.5) is 11.8 Å². The van der Waals surface area contributed by atoms with Gasteiger partial charge < -0.3 is 25.4 Å². The molecule has 0 atom stereocenters. The molecule has 4 rings (SSSR count). The largest absolute Gasteiger partial charge is 0.493 e. The molecule has 3 N–H and O–H groups in total. The fraction of sp³-hybridized carbons (Fsp3) is 0.261. The van der Waals surface area contributed by atoms with Gasteiger partial charge in [0.05, 0.1) is 31.0 Å². The van der Waals surface area contributed by atoms with Crippen LogP contribution in [0.25, 0.3) is 28.0 Å². The number of nitrogens with zero attached hydrogens (tertiary/aromatic N) is 5. The van der Waals surface area contributed by atoms with Gasteiger partial charge in [0.15, 0.2) is 17.1 Å². The number of nitrogen functional groups attached to an aromatic ring is 1. The van der Waals surface area contributed by atoms with E-state index in [1.54, 1.807) is 18.9 Å². The monoisotopic (exact) mass is 433 g/mol. The van der Waals surface area contributed by atoms with Gasteiger partial charge in [0, 0.05) is 18.7 Å². The van der Waals surface area contributed by atoms with E-state index < -0.39 is 0 Å². The molecule has 2 heterocycles. The highest BCUT2D eigenvalue weighted by Crippen LogP contribution is 2.37. The number of nitrogens with two attached hydrogens (primary N) is 1. The van der Waals surface area contributed by atoms with Crippen LogP contribution in [0.1, 0.15) is 0 Å². The molecule has 0 aliphatic rings. The third-order valence-electron chi connectivity index (χ3n) is 5.07. The number of hydrogen-bond donors (Lipinski definition) is 2. The summed E-state index contributed by atoms with van der Waals surface area (Å²) in [7, 11) is 7.24.